The maximum Gasteiger partial charge on any atom is 0.371 e. The van der Waals surface area contributed by atoms with Crippen molar-refractivity contribution in [1.29, 1.82) is 0 Å². The van der Waals surface area contributed by atoms with Crippen molar-refractivity contribution in [2.45, 2.75) is 38.6 Å². The lowest BCUT2D eigenvalue weighted by Gasteiger charge is -2.29. The number of rotatable bonds is 9. The quantitative estimate of drug-likeness (QED) is 0.282. The van der Waals surface area contributed by atoms with E-state index in [0.717, 1.165) is 43.9 Å². The summed E-state index contributed by atoms with van der Waals surface area (Å²) in [7, 11) is 0. The number of ether oxygens (including phenoxy) is 2. The molecule has 202 valence electrons. The molecule has 0 amide bonds. The van der Waals surface area contributed by atoms with Gasteiger partial charge in [-0.2, -0.15) is 4.98 Å². The third-order valence-corrected chi connectivity index (χ3v) is 7.42. The molecule has 0 spiro atoms. The van der Waals surface area contributed by atoms with Gasteiger partial charge in [-0.3, -0.25) is 4.90 Å². The van der Waals surface area contributed by atoms with Crippen LogP contribution in [-0.4, -0.2) is 51.3 Å². The Labute approximate surface area is 229 Å². The van der Waals surface area contributed by atoms with E-state index in [9.17, 15) is 14.3 Å². The molecule has 0 bridgehead atoms. The largest absolute Gasteiger partial charge is 0.489 e. The maximum absolute atomic E-state index is 14.1. The van der Waals surface area contributed by atoms with Crippen molar-refractivity contribution in [3.63, 3.8) is 0 Å². The third kappa shape index (κ3) is 5.56. The van der Waals surface area contributed by atoms with E-state index in [1.54, 1.807) is 12.1 Å². The van der Waals surface area contributed by atoms with E-state index in [0.29, 0.717) is 40.7 Å². The summed E-state index contributed by atoms with van der Waals surface area (Å²) in [4.78, 5) is 18.3. The number of halogens is 2. The highest BCUT2D eigenvalue weighted by Gasteiger charge is 2.26. The Hall–Kier alpha value is -3.66. The average molecular weight is 552 g/mol. The fourth-order valence-electron chi connectivity index (χ4n) is 4.93. The SMILES string of the molecule is O=C(O)c1cc2c(nc(CN3CC=C(c4cccc(OCc5ccc(Cl)cc5F)c4)CC3)n2CC2CCO2)o1. The Morgan fingerprint density at radius 3 is 2.82 bits per heavy atom. The normalized spacial score (nSPS) is 17.7. The first-order valence-corrected chi connectivity index (χ1v) is 13.2. The molecule has 8 nitrogen and oxygen atoms in total. The molecule has 0 aliphatic carbocycles. The lowest BCUT2D eigenvalue weighted by atomic mass is 9.99. The zero-order valence-corrected chi connectivity index (χ0v) is 21.9. The predicted octanol–water partition coefficient (Wildman–Crippen LogP) is 5.78. The van der Waals surface area contributed by atoms with Crippen molar-refractivity contribution in [2.75, 3.05) is 19.7 Å². The summed E-state index contributed by atoms with van der Waals surface area (Å²) in [6, 6.07) is 13.9. The smallest absolute Gasteiger partial charge is 0.371 e. The van der Waals surface area contributed by atoms with Crippen LogP contribution < -0.4 is 4.74 Å². The molecule has 1 fully saturated rings. The molecule has 2 aliphatic heterocycles. The van der Waals surface area contributed by atoms with Gasteiger partial charge in [-0.25, -0.2) is 9.18 Å². The lowest BCUT2D eigenvalue weighted by molar-refractivity contribution is -0.0591. The van der Waals surface area contributed by atoms with E-state index >= 15 is 0 Å². The summed E-state index contributed by atoms with van der Waals surface area (Å²) in [6.45, 7) is 3.67. The lowest BCUT2D eigenvalue weighted by Crippen LogP contribution is -2.33. The molecular formula is C29H27ClFN3O5. The minimum absolute atomic E-state index is 0.0999. The van der Waals surface area contributed by atoms with Gasteiger partial charge in [0.05, 0.1) is 19.2 Å². The number of carboxylic acids is 1. The molecule has 1 saturated heterocycles. The third-order valence-electron chi connectivity index (χ3n) is 7.19. The minimum atomic E-state index is -1.11. The molecule has 1 atom stereocenters. The van der Waals surface area contributed by atoms with Gasteiger partial charge in [0.2, 0.25) is 11.5 Å². The van der Waals surface area contributed by atoms with Crippen molar-refractivity contribution in [3.05, 3.63) is 88.2 Å². The summed E-state index contributed by atoms with van der Waals surface area (Å²) in [6.07, 6.45) is 4.12. The Morgan fingerprint density at radius 2 is 2.10 bits per heavy atom. The number of imidazole rings is 1. The number of carboxylic acid groups (broad SMARTS) is 1. The van der Waals surface area contributed by atoms with E-state index in [1.807, 2.05) is 22.8 Å². The van der Waals surface area contributed by atoms with E-state index in [2.05, 4.69) is 22.0 Å². The van der Waals surface area contributed by atoms with Crippen molar-refractivity contribution in [2.24, 2.45) is 0 Å². The van der Waals surface area contributed by atoms with Gasteiger partial charge in [0, 0.05) is 36.3 Å². The fraction of sp³-hybridized carbons (Fsp3) is 0.310. The van der Waals surface area contributed by atoms with Crippen LogP contribution in [0.4, 0.5) is 4.39 Å². The molecule has 2 aliphatic rings. The van der Waals surface area contributed by atoms with Gasteiger partial charge in [-0.15, -0.1) is 0 Å². The Balaban J connectivity index is 1.13. The Bertz CT molecular complexity index is 1560. The minimum Gasteiger partial charge on any atom is -0.489 e. The molecule has 4 aromatic rings. The second kappa shape index (κ2) is 10.8. The maximum atomic E-state index is 14.1. The van der Waals surface area contributed by atoms with Crippen LogP contribution in [0, 0.1) is 5.82 Å². The molecule has 0 saturated carbocycles. The Morgan fingerprint density at radius 1 is 1.23 bits per heavy atom. The zero-order valence-electron chi connectivity index (χ0n) is 21.1. The van der Waals surface area contributed by atoms with Crippen molar-refractivity contribution < 1.29 is 28.2 Å². The van der Waals surface area contributed by atoms with Gasteiger partial charge < -0.3 is 23.6 Å². The number of hydrogen-bond acceptors (Lipinski definition) is 6. The molecule has 6 rings (SSSR count). The highest BCUT2D eigenvalue weighted by molar-refractivity contribution is 6.30. The van der Waals surface area contributed by atoms with Crippen LogP contribution in [0.5, 0.6) is 5.75 Å². The summed E-state index contributed by atoms with van der Waals surface area (Å²) < 4.78 is 33.1. The topological polar surface area (TPSA) is 90.0 Å². The van der Waals surface area contributed by atoms with Crippen LogP contribution in [0.25, 0.3) is 16.8 Å². The van der Waals surface area contributed by atoms with E-state index in [4.69, 9.17) is 25.5 Å². The summed E-state index contributed by atoms with van der Waals surface area (Å²) in [5.41, 5.74) is 3.77. The van der Waals surface area contributed by atoms with E-state index < -0.39 is 5.97 Å². The molecule has 1 N–H and O–H groups in total. The zero-order chi connectivity index (χ0) is 26.9. The first kappa shape index (κ1) is 25.6. The number of benzene rings is 2. The van der Waals surface area contributed by atoms with Gasteiger partial charge in [0.25, 0.3) is 0 Å². The number of nitrogens with zero attached hydrogens (tertiary/aromatic N) is 3. The van der Waals surface area contributed by atoms with Gasteiger partial charge >= 0.3 is 5.97 Å². The molecule has 2 aromatic carbocycles. The molecule has 1 unspecified atom stereocenters. The standard InChI is InChI=1S/C29H27ClFN3O5/c30-21-5-4-20(24(31)13-21)17-38-22-3-1-2-19(12-22)18-6-9-33(10-7-18)16-27-32-28-25(14-26(39-28)29(35)36)34(27)15-23-8-11-37-23/h1-6,12-14,23H,7-11,15-17H2,(H,35,36). The van der Waals surface area contributed by atoms with Crippen molar-refractivity contribution in [1.82, 2.24) is 14.5 Å². The second-order valence-corrected chi connectivity index (χ2v) is 10.2. The van der Waals surface area contributed by atoms with Crippen LogP contribution in [-0.2, 0) is 24.4 Å². The molecule has 10 heteroatoms. The molecule has 39 heavy (non-hydrogen) atoms. The van der Waals surface area contributed by atoms with Crippen molar-refractivity contribution >= 4 is 34.4 Å². The number of hydrogen-bond donors (Lipinski definition) is 1. The molecule has 2 aromatic heterocycles. The number of fused-ring (bicyclic) bond motifs is 1. The van der Waals surface area contributed by atoms with E-state index in [-0.39, 0.29) is 24.3 Å². The fourth-order valence-corrected chi connectivity index (χ4v) is 5.09. The van der Waals surface area contributed by atoms with Crippen LogP contribution in [0.2, 0.25) is 5.02 Å². The van der Waals surface area contributed by atoms with Crippen molar-refractivity contribution in [3.8, 4) is 5.75 Å². The van der Waals surface area contributed by atoms with Crippen LogP contribution >= 0.6 is 11.6 Å². The average Bonchev–Trinajstić information content (AvgIpc) is 3.45. The van der Waals surface area contributed by atoms with Crippen LogP contribution in [0.15, 0.2) is 59.0 Å². The predicted molar refractivity (Wildman–Crippen MR) is 143 cm³/mol. The Kier molecular flexibility index (Phi) is 7.12. The number of furan rings is 1. The van der Waals surface area contributed by atoms with Gasteiger partial charge in [-0.1, -0.05) is 35.9 Å². The van der Waals surface area contributed by atoms with Gasteiger partial charge in [0.15, 0.2) is 0 Å². The molecule has 0 radical (unpaired) electrons. The summed E-state index contributed by atoms with van der Waals surface area (Å²) in [5, 5.41) is 9.66. The highest BCUT2D eigenvalue weighted by atomic mass is 35.5. The number of aromatic carboxylic acids is 1. The first-order valence-electron chi connectivity index (χ1n) is 12.9. The summed E-state index contributed by atoms with van der Waals surface area (Å²) in [5.74, 6) is -0.102. The first-order chi connectivity index (χ1) is 18.9. The second-order valence-electron chi connectivity index (χ2n) is 9.79. The summed E-state index contributed by atoms with van der Waals surface area (Å²) >= 11 is 5.84. The molecular weight excluding hydrogens is 525 g/mol. The van der Waals surface area contributed by atoms with E-state index in [1.165, 1.54) is 17.7 Å². The number of carbonyl (C=O) groups is 1. The highest BCUT2D eigenvalue weighted by Crippen LogP contribution is 2.29. The van der Waals surface area contributed by atoms with Crippen LogP contribution in [0.3, 0.4) is 0 Å². The monoisotopic (exact) mass is 551 g/mol. The molecule has 4 heterocycles. The number of aromatic nitrogens is 2. The van der Waals surface area contributed by atoms with Gasteiger partial charge in [0.1, 0.15) is 29.5 Å². The van der Waals surface area contributed by atoms with Gasteiger partial charge in [-0.05, 0) is 48.2 Å². The van der Waals surface area contributed by atoms with Crippen LogP contribution in [0.1, 0.15) is 40.3 Å².